The maximum atomic E-state index is 12.5. The molecule has 1 N–H and O–H groups in total. The predicted octanol–water partition coefficient (Wildman–Crippen LogP) is 3.04. The number of carboxylic acid groups (broad SMARTS) is 1. The molecule has 0 aromatic heterocycles. The summed E-state index contributed by atoms with van der Waals surface area (Å²) in [5, 5.41) is 8.86. The molecule has 0 spiro atoms. The van der Waals surface area contributed by atoms with Gasteiger partial charge in [0.05, 0.1) is 11.5 Å². The van der Waals surface area contributed by atoms with Gasteiger partial charge < -0.3 is 10.0 Å². The van der Waals surface area contributed by atoms with E-state index in [0.717, 1.165) is 12.1 Å². The minimum atomic E-state index is -4.37. The maximum Gasteiger partial charge on any atom is 0.416 e. The Hall–Kier alpha value is -1.43. The Labute approximate surface area is 114 Å². The molecule has 0 saturated carbocycles. The number of carboxylic acids is 1. The zero-order chi connectivity index (χ0) is 13.3. The highest BCUT2D eigenvalue weighted by Crippen LogP contribution is 2.33. The average molecular weight is 296 g/mol. The number of hydrogen-bond acceptors (Lipinski definition) is 2. The Morgan fingerprint density at radius 3 is 2.58 bits per heavy atom. The molecule has 3 nitrogen and oxygen atoms in total. The number of nitrogens with zero attached hydrogens (tertiary/aromatic N) is 1. The summed E-state index contributed by atoms with van der Waals surface area (Å²) in [6.45, 7) is 0.731. The normalized spacial score (nSPS) is 19.1. The third kappa shape index (κ3) is 3.53. The number of anilines is 1. The first-order chi connectivity index (χ1) is 8.38. The third-order valence-corrected chi connectivity index (χ3v) is 3.08. The number of hydrogen-bond donors (Lipinski definition) is 1. The second-order valence-corrected chi connectivity index (χ2v) is 4.32. The summed E-state index contributed by atoms with van der Waals surface area (Å²) in [6.07, 6.45) is -3.91. The average Bonchev–Trinajstić information content (AvgIpc) is 2.77. The molecule has 1 aliphatic heterocycles. The lowest BCUT2D eigenvalue weighted by molar-refractivity contribution is -0.141. The number of halogens is 4. The standard InChI is InChI=1S/C12H12F3NO2.ClH/c13-12(14,15)9-2-1-3-10(6-9)16-5-4-8(7-16)11(17)18;/h1-3,6,8H,4-5,7H2,(H,17,18);1H. The monoisotopic (exact) mass is 295 g/mol. The topological polar surface area (TPSA) is 40.5 Å². The largest absolute Gasteiger partial charge is 0.481 e. The lowest BCUT2D eigenvalue weighted by Gasteiger charge is -2.19. The van der Waals surface area contributed by atoms with Crippen LogP contribution in [-0.4, -0.2) is 24.2 Å². The van der Waals surface area contributed by atoms with Gasteiger partial charge in [0.15, 0.2) is 0 Å². The molecule has 0 radical (unpaired) electrons. The maximum absolute atomic E-state index is 12.5. The van der Waals surface area contributed by atoms with Gasteiger partial charge in [-0.25, -0.2) is 0 Å². The number of aliphatic carboxylic acids is 1. The van der Waals surface area contributed by atoms with Crippen LogP contribution in [0.3, 0.4) is 0 Å². The number of alkyl halides is 3. The Bertz CT molecular complexity index is 465. The molecule has 1 aliphatic rings. The van der Waals surface area contributed by atoms with E-state index in [2.05, 4.69) is 0 Å². The molecular formula is C12H13ClF3NO2. The summed E-state index contributed by atoms with van der Waals surface area (Å²) >= 11 is 0. The highest BCUT2D eigenvalue weighted by atomic mass is 35.5. The van der Waals surface area contributed by atoms with Crippen molar-refractivity contribution in [1.82, 2.24) is 0 Å². The van der Waals surface area contributed by atoms with Gasteiger partial charge >= 0.3 is 12.1 Å². The van der Waals surface area contributed by atoms with Crippen LogP contribution < -0.4 is 4.90 Å². The zero-order valence-electron chi connectivity index (χ0n) is 9.85. The van der Waals surface area contributed by atoms with E-state index in [0.29, 0.717) is 18.7 Å². The smallest absolute Gasteiger partial charge is 0.416 e. The fraction of sp³-hybridized carbons (Fsp3) is 0.417. The van der Waals surface area contributed by atoms with Crippen molar-refractivity contribution < 1.29 is 23.1 Å². The van der Waals surface area contributed by atoms with Gasteiger partial charge in [-0.1, -0.05) is 6.07 Å². The van der Waals surface area contributed by atoms with Gasteiger partial charge in [0.1, 0.15) is 0 Å². The molecule has 0 aliphatic carbocycles. The van der Waals surface area contributed by atoms with Crippen molar-refractivity contribution in [2.75, 3.05) is 18.0 Å². The van der Waals surface area contributed by atoms with Crippen molar-refractivity contribution in [2.45, 2.75) is 12.6 Å². The first-order valence-electron chi connectivity index (χ1n) is 5.53. The summed E-state index contributed by atoms with van der Waals surface area (Å²) in [6, 6.07) is 4.98. The third-order valence-electron chi connectivity index (χ3n) is 3.08. The molecule has 0 bridgehead atoms. The van der Waals surface area contributed by atoms with Gasteiger partial charge in [0.25, 0.3) is 0 Å². The van der Waals surface area contributed by atoms with Crippen LogP contribution in [-0.2, 0) is 11.0 Å². The van der Waals surface area contributed by atoms with Crippen LogP contribution in [0.25, 0.3) is 0 Å². The Balaban J connectivity index is 0.00000180. The van der Waals surface area contributed by atoms with Gasteiger partial charge in [0.2, 0.25) is 0 Å². The van der Waals surface area contributed by atoms with E-state index in [9.17, 15) is 18.0 Å². The molecule has 1 aromatic carbocycles. The van der Waals surface area contributed by atoms with E-state index in [1.165, 1.54) is 6.07 Å². The van der Waals surface area contributed by atoms with Crippen LogP contribution >= 0.6 is 12.4 Å². The first-order valence-corrected chi connectivity index (χ1v) is 5.53. The van der Waals surface area contributed by atoms with Gasteiger partial charge in [-0.15, -0.1) is 12.4 Å². The first kappa shape index (κ1) is 15.6. The highest BCUT2D eigenvalue weighted by Gasteiger charge is 2.32. The van der Waals surface area contributed by atoms with Crippen molar-refractivity contribution in [1.29, 1.82) is 0 Å². The molecule has 1 unspecified atom stereocenters. The van der Waals surface area contributed by atoms with Crippen molar-refractivity contribution in [3.8, 4) is 0 Å². The van der Waals surface area contributed by atoms with E-state index in [1.54, 1.807) is 11.0 Å². The van der Waals surface area contributed by atoms with Crippen molar-refractivity contribution in [3.05, 3.63) is 29.8 Å². The minimum absolute atomic E-state index is 0. The molecule has 0 amide bonds. The van der Waals surface area contributed by atoms with Crippen LogP contribution in [0.2, 0.25) is 0 Å². The molecule has 1 heterocycles. The van der Waals surface area contributed by atoms with E-state index in [4.69, 9.17) is 5.11 Å². The second-order valence-electron chi connectivity index (χ2n) is 4.32. The number of benzene rings is 1. The zero-order valence-corrected chi connectivity index (χ0v) is 10.7. The van der Waals surface area contributed by atoms with Crippen LogP contribution in [0, 0.1) is 5.92 Å². The van der Waals surface area contributed by atoms with Crippen LogP contribution in [0.15, 0.2) is 24.3 Å². The van der Waals surface area contributed by atoms with Crippen LogP contribution in [0.4, 0.5) is 18.9 Å². The van der Waals surface area contributed by atoms with E-state index >= 15 is 0 Å². The Kier molecular flexibility index (Phi) is 4.68. The van der Waals surface area contributed by atoms with Crippen molar-refractivity contribution >= 4 is 24.1 Å². The predicted molar refractivity (Wildman–Crippen MR) is 66.6 cm³/mol. The van der Waals surface area contributed by atoms with E-state index in [1.807, 2.05) is 0 Å². The SMILES string of the molecule is Cl.O=C(O)C1CCN(c2cccc(C(F)(F)F)c2)C1. The highest BCUT2D eigenvalue weighted by molar-refractivity contribution is 5.85. The quantitative estimate of drug-likeness (QED) is 0.912. The molecule has 106 valence electrons. The molecule has 1 aromatic rings. The molecule has 1 saturated heterocycles. The Morgan fingerprint density at radius 2 is 2.05 bits per heavy atom. The molecule has 7 heteroatoms. The van der Waals surface area contributed by atoms with Gasteiger partial charge in [-0.2, -0.15) is 13.2 Å². The lowest BCUT2D eigenvalue weighted by atomic mass is 10.1. The van der Waals surface area contributed by atoms with E-state index in [-0.39, 0.29) is 19.0 Å². The van der Waals surface area contributed by atoms with Crippen molar-refractivity contribution in [3.63, 3.8) is 0 Å². The van der Waals surface area contributed by atoms with Crippen molar-refractivity contribution in [2.24, 2.45) is 5.92 Å². The summed E-state index contributed by atoms with van der Waals surface area (Å²) in [4.78, 5) is 12.5. The minimum Gasteiger partial charge on any atom is -0.481 e. The molecule has 1 atom stereocenters. The fourth-order valence-corrected chi connectivity index (χ4v) is 2.08. The second kappa shape index (κ2) is 5.69. The van der Waals surface area contributed by atoms with Crippen LogP contribution in [0.1, 0.15) is 12.0 Å². The fourth-order valence-electron chi connectivity index (χ4n) is 2.08. The van der Waals surface area contributed by atoms with Gasteiger partial charge in [-0.05, 0) is 24.6 Å². The number of carbonyl (C=O) groups is 1. The molecule has 19 heavy (non-hydrogen) atoms. The van der Waals surface area contributed by atoms with Gasteiger partial charge in [-0.3, -0.25) is 4.79 Å². The number of rotatable bonds is 2. The van der Waals surface area contributed by atoms with Gasteiger partial charge in [0, 0.05) is 18.8 Å². The summed E-state index contributed by atoms with van der Waals surface area (Å²) < 4.78 is 37.6. The summed E-state index contributed by atoms with van der Waals surface area (Å²) in [7, 11) is 0. The lowest BCUT2D eigenvalue weighted by Crippen LogP contribution is -2.23. The van der Waals surface area contributed by atoms with Crippen LogP contribution in [0.5, 0.6) is 0 Å². The van der Waals surface area contributed by atoms with E-state index < -0.39 is 23.6 Å². The molecular weight excluding hydrogens is 283 g/mol. The summed E-state index contributed by atoms with van der Waals surface area (Å²) in [5.74, 6) is -1.40. The Morgan fingerprint density at radius 1 is 1.37 bits per heavy atom. The molecule has 2 rings (SSSR count). The molecule has 1 fully saturated rings. The summed E-state index contributed by atoms with van der Waals surface area (Å²) in [5.41, 5.74) is -0.285.